The van der Waals surface area contributed by atoms with Crippen molar-refractivity contribution >= 4 is 17.8 Å². The van der Waals surface area contributed by atoms with Gasteiger partial charge in [-0.3, -0.25) is 5.43 Å². The second-order valence-electron chi connectivity index (χ2n) is 17.9. The van der Waals surface area contributed by atoms with Gasteiger partial charge < -0.3 is 25.8 Å². The van der Waals surface area contributed by atoms with Crippen LogP contribution in [0.2, 0.25) is 0 Å². The van der Waals surface area contributed by atoms with Crippen LogP contribution in [0.4, 0.5) is 17.8 Å². The highest BCUT2D eigenvalue weighted by Gasteiger charge is 2.52. The number of nitrogens with zero attached hydrogens (tertiary/aromatic N) is 8. The van der Waals surface area contributed by atoms with Gasteiger partial charge in [0, 0.05) is 65.5 Å². The second kappa shape index (κ2) is 11.7. The maximum atomic E-state index is 11.2. The highest BCUT2D eigenvalue weighted by Crippen LogP contribution is 2.45. The summed E-state index contributed by atoms with van der Waals surface area (Å²) >= 11 is 0. The molecule has 3 saturated heterocycles. The Labute approximate surface area is 271 Å². The van der Waals surface area contributed by atoms with Crippen LogP contribution in [-0.2, 0) is 0 Å². The minimum Gasteiger partial charge on any atom is -0.351 e. The van der Waals surface area contributed by atoms with Gasteiger partial charge in [-0.15, -0.1) is 0 Å². The Balaban J connectivity index is 1.83. The van der Waals surface area contributed by atoms with E-state index in [0.717, 1.165) is 0 Å². The molecule has 0 atom stereocenters. The van der Waals surface area contributed by atoms with Crippen molar-refractivity contribution < 1.29 is 15.6 Å². The average Bonchev–Trinajstić information content (AvgIpc) is 2.83. The highest BCUT2D eigenvalue weighted by atomic mass is 16.5. The average molecular weight is 635 g/mol. The fourth-order valence-electron chi connectivity index (χ4n) is 8.80. The van der Waals surface area contributed by atoms with Crippen LogP contribution in [0.3, 0.4) is 0 Å². The predicted octanol–water partition coefficient (Wildman–Crippen LogP) is 5.21. The molecule has 4 rings (SSSR count). The smallest absolute Gasteiger partial charge is 0.244 e. The van der Waals surface area contributed by atoms with Gasteiger partial charge in [0.15, 0.2) is 0 Å². The maximum Gasteiger partial charge on any atom is 0.244 e. The molecule has 0 saturated carbocycles. The topological polar surface area (TPSA) is 140 Å². The van der Waals surface area contributed by atoms with Crippen molar-refractivity contribution in [2.75, 3.05) is 29.7 Å². The summed E-state index contributed by atoms with van der Waals surface area (Å²) in [6.45, 7) is 24.9. The van der Waals surface area contributed by atoms with Crippen LogP contribution in [0.15, 0.2) is 0 Å². The molecule has 0 unspecified atom stereocenters. The van der Waals surface area contributed by atoms with Gasteiger partial charge in [0.05, 0.1) is 0 Å². The van der Waals surface area contributed by atoms with Crippen molar-refractivity contribution in [3.63, 3.8) is 0 Å². The first kappa shape index (κ1) is 36.0. The van der Waals surface area contributed by atoms with Crippen LogP contribution < -0.4 is 15.6 Å². The highest BCUT2D eigenvalue weighted by molar-refractivity contribution is 5.46. The Kier molecular flexibility index (Phi) is 9.33. The summed E-state index contributed by atoms with van der Waals surface area (Å²) in [6.07, 6.45) is 4.24. The van der Waals surface area contributed by atoms with Crippen molar-refractivity contribution in [2.45, 2.75) is 173 Å². The Morgan fingerprint density at radius 2 is 0.889 bits per heavy atom. The predicted molar refractivity (Wildman–Crippen MR) is 178 cm³/mol. The summed E-state index contributed by atoms with van der Waals surface area (Å²) in [6, 6.07) is 0.0525. The van der Waals surface area contributed by atoms with Crippen molar-refractivity contribution in [1.29, 1.82) is 0 Å². The molecule has 45 heavy (non-hydrogen) atoms. The van der Waals surface area contributed by atoms with Gasteiger partial charge in [-0.2, -0.15) is 30.1 Å². The minimum absolute atomic E-state index is 0.0122. The quantitative estimate of drug-likeness (QED) is 0.251. The molecule has 13 nitrogen and oxygen atoms in total. The first-order valence-electron chi connectivity index (χ1n) is 16.5. The number of rotatable bonds is 7. The van der Waals surface area contributed by atoms with E-state index in [-0.39, 0.29) is 18.1 Å². The lowest BCUT2D eigenvalue weighted by molar-refractivity contribution is -0.251. The number of aromatic nitrogens is 3. The molecule has 0 amide bonds. The molecule has 5 N–H and O–H groups in total. The lowest BCUT2D eigenvalue weighted by Crippen LogP contribution is -2.67. The van der Waals surface area contributed by atoms with Crippen LogP contribution >= 0.6 is 0 Å². The Morgan fingerprint density at radius 3 is 1.24 bits per heavy atom. The summed E-state index contributed by atoms with van der Waals surface area (Å²) in [5.74, 6) is 1.49. The largest absolute Gasteiger partial charge is 0.351 e. The SMILES string of the molecule is CN(C)Nc1nc(NC2CC(C)(C)N(O)C(C)(C)C2)nc(N(C2CC(C)(C)N(O)C(C)(C)C2)C2CC(C)(C)N(O)C(C)(C)C2)n1. The van der Waals surface area contributed by atoms with E-state index in [9.17, 15) is 15.6 Å². The van der Waals surface area contributed by atoms with Crippen LogP contribution in [0.1, 0.15) is 122 Å². The van der Waals surface area contributed by atoms with E-state index in [0.29, 0.717) is 56.4 Å². The summed E-state index contributed by atoms with van der Waals surface area (Å²) < 4.78 is 0. The van der Waals surface area contributed by atoms with Crippen LogP contribution in [0, 0.1) is 0 Å². The van der Waals surface area contributed by atoms with Gasteiger partial charge in [-0.25, -0.2) is 5.01 Å². The molecule has 4 heterocycles. The lowest BCUT2D eigenvalue weighted by Gasteiger charge is -2.58. The molecule has 13 heteroatoms. The van der Waals surface area contributed by atoms with Gasteiger partial charge >= 0.3 is 0 Å². The van der Waals surface area contributed by atoms with Gasteiger partial charge in [-0.1, -0.05) is 0 Å². The van der Waals surface area contributed by atoms with Crippen molar-refractivity contribution in [3.8, 4) is 0 Å². The van der Waals surface area contributed by atoms with E-state index in [1.165, 1.54) is 15.2 Å². The number of hydroxylamine groups is 6. The molecule has 0 aromatic carbocycles. The van der Waals surface area contributed by atoms with Crippen LogP contribution in [0.5, 0.6) is 0 Å². The minimum atomic E-state index is -0.484. The molecule has 0 spiro atoms. The molecule has 0 bridgehead atoms. The molecule has 3 fully saturated rings. The van der Waals surface area contributed by atoms with E-state index in [1.54, 1.807) is 0 Å². The van der Waals surface area contributed by atoms with Gasteiger partial charge in [0.1, 0.15) is 0 Å². The molecular formula is C32H62N10O3. The summed E-state index contributed by atoms with van der Waals surface area (Å²) in [5, 5.41) is 43.3. The molecule has 3 aliphatic heterocycles. The number of nitrogens with one attached hydrogen (secondary N) is 2. The fourth-order valence-corrected chi connectivity index (χ4v) is 8.80. The van der Waals surface area contributed by atoms with E-state index >= 15 is 0 Å². The normalized spacial score (nSPS) is 27.4. The Morgan fingerprint density at radius 1 is 0.556 bits per heavy atom. The number of hydrogen-bond donors (Lipinski definition) is 5. The van der Waals surface area contributed by atoms with E-state index in [1.807, 2.05) is 19.1 Å². The van der Waals surface area contributed by atoms with Crippen LogP contribution in [-0.4, -0.2) is 116 Å². The first-order valence-corrected chi connectivity index (χ1v) is 16.5. The molecule has 1 aromatic rings. The lowest BCUT2D eigenvalue weighted by atomic mass is 9.75. The zero-order valence-electron chi connectivity index (χ0n) is 30.4. The third-order valence-electron chi connectivity index (χ3n) is 10.2. The summed E-state index contributed by atoms with van der Waals surface area (Å²) in [5.41, 5.74) is 0.457. The number of hydrazine groups is 1. The molecule has 0 aliphatic carbocycles. The summed E-state index contributed by atoms with van der Waals surface area (Å²) in [7, 11) is 3.81. The van der Waals surface area contributed by atoms with Crippen molar-refractivity contribution in [2.24, 2.45) is 0 Å². The number of hydrogen-bond acceptors (Lipinski definition) is 13. The monoisotopic (exact) mass is 635 g/mol. The Bertz CT molecular complexity index is 1120. The molecule has 0 radical (unpaired) electrons. The standard InChI is InChI=1S/C32H62N10O3/c1-27(2)15-21(16-28(3,4)40(27)43)33-24-34-25(37-38(13)14)36-26(35-24)39(22-17-29(5,6)41(44)30(7,8)18-22)23-19-31(9,10)42(45)32(11,12)20-23/h21-23,43-45H,15-20H2,1-14H3,(H2,33,34,35,36,37). The van der Waals surface area contributed by atoms with Crippen molar-refractivity contribution in [1.82, 2.24) is 35.2 Å². The van der Waals surface area contributed by atoms with E-state index in [2.05, 4.69) is 98.7 Å². The van der Waals surface area contributed by atoms with Gasteiger partial charge in [-0.05, 0) is 122 Å². The second-order valence-corrected chi connectivity index (χ2v) is 17.9. The summed E-state index contributed by atoms with van der Waals surface area (Å²) in [4.78, 5) is 17.3. The fraction of sp³-hybridized carbons (Fsp3) is 0.906. The van der Waals surface area contributed by atoms with Gasteiger partial charge in [0.25, 0.3) is 0 Å². The number of anilines is 3. The molecule has 1 aromatic heterocycles. The Hall–Kier alpha value is -1.87. The zero-order valence-corrected chi connectivity index (χ0v) is 30.4. The molecular weight excluding hydrogens is 572 g/mol. The first-order chi connectivity index (χ1) is 20.3. The molecule has 258 valence electrons. The molecule has 3 aliphatic rings. The third-order valence-corrected chi connectivity index (χ3v) is 10.2. The van der Waals surface area contributed by atoms with Crippen LogP contribution in [0.25, 0.3) is 0 Å². The maximum absolute atomic E-state index is 11.2. The van der Waals surface area contributed by atoms with Crippen molar-refractivity contribution in [3.05, 3.63) is 0 Å². The number of piperidine rings is 3. The third kappa shape index (κ3) is 7.34. The van der Waals surface area contributed by atoms with E-state index in [4.69, 9.17) is 15.0 Å². The zero-order chi connectivity index (χ0) is 34.1. The van der Waals surface area contributed by atoms with Gasteiger partial charge in [0.2, 0.25) is 17.8 Å². The van der Waals surface area contributed by atoms with E-state index < -0.39 is 33.2 Å².